The lowest BCUT2D eigenvalue weighted by Crippen LogP contribution is -2.41. The van der Waals surface area contributed by atoms with Crippen molar-refractivity contribution >= 4 is 70.9 Å². The molecular weight excluding hydrogens is 1140 g/mol. The summed E-state index contributed by atoms with van der Waals surface area (Å²) in [6, 6.07) is 19.2. The van der Waals surface area contributed by atoms with Gasteiger partial charge in [-0.3, -0.25) is 14.2 Å². The topological polar surface area (TPSA) is 340 Å². The molecule has 1 amide bonds. The van der Waals surface area contributed by atoms with Crippen LogP contribution in [-0.2, 0) is 59.9 Å². The number of sulfonamides is 3. The van der Waals surface area contributed by atoms with Gasteiger partial charge in [0.1, 0.15) is 5.69 Å². The van der Waals surface area contributed by atoms with E-state index in [1.807, 2.05) is 44.8 Å². The van der Waals surface area contributed by atoms with Crippen LogP contribution in [0.5, 0.6) is 0 Å². The largest absolute Gasteiger partial charge is 0.398 e. The molecular formula is C54H60N19O8S3+. The lowest BCUT2D eigenvalue weighted by Gasteiger charge is -2.15. The highest BCUT2D eigenvalue weighted by molar-refractivity contribution is 7.90. The fraction of sp³-hybridized carbons (Fsp3) is 0.259. The highest BCUT2D eigenvalue weighted by Crippen LogP contribution is 2.31. The predicted octanol–water partition coefficient (Wildman–Crippen LogP) is 4.26. The summed E-state index contributed by atoms with van der Waals surface area (Å²) < 4.78 is 96.3. The molecule has 84 heavy (non-hydrogen) atoms. The van der Waals surface area contributed by atoms with Crippen molar-refractivity contribution in [2.45, 2.75) is 61.5 Å². The maximum Gasteiger partial charge on any atom is 0.398 e. The summed E-state index contributed by atoms with van der Waals surface area (Å²) in [6.07, 6.45) is 15.5. The molecule has 0 bridgehead atoms. The van der Waals surface area contributed by atoms with Crippen molar-refractivity contribution in [1.82, 2.24) is 68.0 Å². The Bertz CT molecular complexity index is 4230. The van der Waals surface area contributed by atoms with E-state index >= 15 is 0 Å². The smallest absolute Gasteiger partial charge is 0.383 e. The van der Waals surface area contributed by atoms with E-state index in [-0.39, 0.29) is 52.9 Å². The quantitative estimate of drug-likeness (QED) is 0.0363. The minimum atomic E-state index is -4.07. The third kappa shape index (κ3) is 13.4. The maximum atomic E-state index is 13.3. The Kier molecular flexibility index (Phi) is 17.0. The number of nitrogens with two attached hydrogens (primary N) is 1. The van der Waals surface area contributed by atoms with Crippen LogP contribution in [0.3, 0.4) is 0 Å². The van der Waals surface area contributed by atoms with Gasteiger partial charge in [0.05, 0.1) is 100 Å². The number of nitrogens with zero attached hydrogens (tertiary/aromatic N) is 13. The number of aromatic nitrogens is 12. The van der Waals surface area contributed by atoms with Crippen LogP contribution in [0, 0.1) is 20.8 Å². The Morgan fingerprint density at radius 2 is 1.18 bits per heavy atom. The summed E-state index contributed by atoms with van der Waals surface area (Å²) in [5.74, 6) is 0.0893. The Morgan fingerprint density at radius 3 is 1.80 bits per heavy atom. The molecule has 436 valence electrons. The monoisotopic (exact) mass is 1200 g/mol. The van der Waals surface area contributed by atoms with Crippen molar-refractivity contribution in [2.75, 3.05) is 55.8 Å². The maximum absolute atomic E-state index is 13.3. The van der Waals surface area contributed by atoms with E-state index in [0.717, 1.165) is 29.5 Å². The van der Waals surface area contributed by atoms with Gasteiger partial charge in [-0.15, -0.1) is 0 Å². The van der Waals surface area contributed by atoms with Crippen molar-refractivity contribution in [3.05, 3.63) is 145 Å². The lowest BCUT2D eigenvalue weighted by molar-refractivity contribution is -0.691. The van der Waals surface area contributed by atoms with Gasteiger partial charge in [0.15, 0.2) is 12.4 Å². The molecule has 1 saturated heterocycles. The van der Waals surface area contributed by atoms with Crippen LogP contribution < -0.4 is 35.7 Å². The molecule has 0 aliphatic carbocycles. The minimum Gasteiger partial charge on any atom is -0.383 e. The van der Waals surface area contributed by atoms with E-state index in [0.29, 0.717) is 75.6 Å². The first-order chi connectivity index (χ1) is 40.2. The fourth-order valence-corrected chi connectivity index (χ4v) is 12.7. The van der Waals surface area contributed by atoms with E-state index in [9.17, 15) is 30.0 Å². The van der Waals surface area contributed by atoms with Crippen molar-refractivity contribution in [2.24, 2.45) is 12.8 Å². The third-order valence-corrected chi connectivity index (χ3v) is 18.3. The van der Waals surface area contributed by atoms with Gasteiger partial charge >= 0.3 is 5.95 Å². The number of methoxy groups -OCH3 is 1. The zero-order valence-corrected chi connectivity index (χ0v) is 48.7. The van der Waals surface area contributed by atoms with Crippen molar-refractivity contribution in [3.8, 4) is 33.8 Å². The molecule has 7 N–H and O–H groups in total. The molecule has 6 aromatic heterocycles. The Morgan fingerprint density at radius 1 is 0.631 bits per heavy atom. The number of carbonyl (C=O) groups excluding carboxylic acids is 1. The Labute approximate surface area is 484 Å². The first-order valence-electron chi connectivity index (χ1n) is 26.3. The molecule has 0 radical (unpaired) electrons. The molecule has 0 unspecified atom stereocenters. The molecule has 0 spiro atoms. The van der Waals surface area contributed by atoms with Crippen LogP contribution in [0.15, 0.2) is 137 Å². The number of hydrogen-bond acceptors (Lipinski definition) is 19. The summed E-state index contributed by atoms with van der Waals surface area (Å²) in [6.45, 7) is 6.80. The standard InChI is InChI=1S/C54H59N19O8S3/c1-35-24-56-52(66-49(35)38-8-14-44(15-9-38)82(75,76)60-20-23-81-5)62-42-26-58-71(31-42)33-47-37(3)51(40-10-16-45(17-11-40)83(77,78)61-28-48(55)74)67-53(65-47)63-43-27-59-72(32-43)34-70-29-36(2)50(68-54(70)64-41-25-57-69(4)30-41)39-12-18-46(19-13-39)84(79,80)73-21-6-7-22-73/h8-19,24-27,29-32,60-61H,6-7,20-23,28,33-34H2,1-5H3,(H4,55,56,62,63,65,66,67,74)/p+1. The van der Waals surface area contributed by atoms with Crippen LogP contribution in [-0.4, -0.2) is 130 Å². The normalized spacial score (nSPS) is 13.1. The molecule has 30 heteroatoms. The lowest BCUT2D eigenvalue weighted by atomic mass is 10.1. The van der Waals surface area contributed by atoms with E-state index in [1.54, 1.807) is 99.8 Å². The van der Waals surface area contributed by atoms with Gasteiger partial charge in [-0.05, 0) is 93.3 Å². The number of aryl methyl sites for hydroxylation is 3. The van der Waals surface area contributed by atoms with Crippen LogP contribution >= 0.6 is 0 Å². The first-order valence-corrected chi connectivity index (χ1v) is 30.7. The van der Waals surface area contributed by atoms with Crippen LogP contribution in [0.2, 0.25) is 0 Å². The molecule has 0 atom stereocenters. The van der Waals surface area contributed by atoms with Crippen LogP contribution in [0.1, 0.15) is 35.2 Å². The number of anilines is 6. The van der Waals surface area contributed by atoms with Gasteiger partial charge in [0.2, 0.25) is 47.9 Å². The molecule has 10 rings (SSSR count). The Balaban J connectivity index is 0.910. The van der Waals surface area contributed by atoms with Gasteiger partial charge < -0.3 is 21.1 Å². The van der Waals surface area contributed by atoms with Gasteiger partial charge in [-0.1, -0.05) is 29.2 Å². The number of amides is 1. The SMILES string of the molecule is COCCNS(=O)(=O)c1ccc(-c2nc(Nc3cnn(Cc4nc(Nc5cnn(C[n+]6cc(C)c(-c7ccc(S(=O)(=O)N8CCCC8)cc7)nc6Nc6cnn(C)c6)c5)nc(-c5ccc(S(=O)(=O)NCC(N)=O)cc5)c4C)c3)ncc2C)cc1. The van der Waals surface area contributed by atoms with Crippen molar-refractivity contribution in [3.63, 3.8) is 0 Å². The summed E-state index contributed by atoms with van der Waals surface area (Å²) in [5, 5.41) is 23.5. The molecule has 27 nitrogen and oxygen atoms in total. The second-order valence-electron chi connectivity index (χ2n) is 19.7. The predicted molar refractivity (Wildman–Crippen MR) is 310 cm³/mol. The van der Waals surface area contributed by atoms with Gasteiger partial charge in [-0.2, -0.15) is 19.6 Å². The zero-order chi connectivity index (χ0) is 59.3. The number of hydrogen-bond donors (Lipinski definition) is 6. The second-order valence-corrected chi connectivity index (χ2v) is 25.2. The summed E-state index contributed by atoms with van der Waals surface area (Å²) >= 11 is 0. The highest BCUT2D eigenvalue weighted by atomic mass is 32.2. The summed E-state index contributed by atoms with van der Waals surface area (Å²) in [4.78, 5) is 35.8. The number of ether oxygens (including phenoxy) is 1. The van der Waals surface area contributed by atoms with E-state index in [2.05, 4.69) is 45.7 Å². The number of nitrogens with one attached hydrogen (secondary N) is 5. The molecule has 7 heterocycles. The van der Waals surface area contributed by atoms with Crippen LogP contribution in [0.25, 0.3) is 33.8 Å². The van der Waals surface area contributed by atoms with Gasteiger partial charge in [-0.25, -0.2) is 69.2 Å². The Hall–Kier alpha value is -8.91. The van der Waals surface area contributed by atoms with Crippen molar-refractivity contribution < 1.29 is 39.4 Å². The molecule has 0 saturated carbocycles. The van der Waals surface area contributed by atoms with Crippen molar-refractivity contribution in [1.29, 1.82) is 0 Å². The third-order valence-electron chi connectivity index (χ3n) is 13.5. The van der Waals surface area contributed by atoms with Gasteiger partial charge in [0, 0.05) is 68.4 Å². The average Bonchev–Trinajstić information content (AvgIpc) is 3.75. The number of primary amides is 1. The highest BCUT2D eigenvalue weighted by Gasteiger charge is 2.28. The minimum absolute atomic E-state index is 0.0852. The first kappa shape index (κ1) is 58.3. The molecule has 3 aromatic carbocycles. The number of rotatable bonds is 24. The molecule has 1 aliphatic heterocycles. The molecule has 1 aliphatic rings. The van der Waals surface area contributed by atoms with Crippen LogP contribution in [0.4, 0.5) is 34.9 Å². The molecule has 9 aromatic rings. The second kappa shape index (κ2) is 24.5. The number of benzene rings is 3. The van der Waals surface area contributed by atoms with E-state index in [4.69, 9.17) is 30.4 Å². The zero-order valence-electron chi connectivity index (χ0n) is 46.3. The number of carbonyl (C=O) groups is 1. The van der Waals surface area contributed by atoms with E-state index < -0.39 is 42.5 Å². The average molecular weight is 1200 g/mol. The van der Waals surface area contributed by atoms with E-state index in [1.165, 1.54) is 35.7 Å². The fourth-order valence-electron chi connectivity index (χ4n) is 9.22. The summed E-state index contributed by atoms with van der Waals surface area (Å²) in [5.41, 5.74) is 13.5. The van der Waals surface area contributed by atoms with Gasteiger partial charge in [0.25, 0.3) is 0 Å². The molecule has 1 fully saturated rings. The summed E-state index contributed by atoms with van der Waals surface area (Å²) in [7, 11) is -8.11.